The summed E-state index contributed by atoms with van der Waals surface area (Å²) in [6.45, 7) is -0.216. The summed E-state index contributed by atoms with van der Waals surface area (Å²) in [5.74, 6) is 0.114. The highest BCUT2D eigenvalue weighted by Crippen LogP contribution is 2.32. The number of rotatable bonds is 6. The van der Waals surface area contributed by atoms with Crippen molar-refractivity contribution < 1.29 is 17.9 Å². The number of benzene rings is 2. The molecule has 6 nitrogen and oxygen atoms in total. The number of carbonyl (C=O) groups excluding carboxylic acids is 1. The second-order valence-electron chi connectivity index (χ2n) is 5.20. The van der Waals surface area contributed by atoms with Crippen LogP contribution in [0.4, 0.5) is 5.69 Å². The maximum absolute atomic E-state index is 12.1. The van der Waals surface area contributed by atoms with Gasteiger partial charge in [0.25, 0.3) is 5.91 Å². The van der Waals surface area contributed by atoms with Crippen LogP contribution in [-0.2, 0) is 14.8 Å². The maximum atomic E-state index is 12.1. The van der Waals surface area contributed by atoms with E-state index in [2.05, 4.69) is 37.2 Å². The molecule has 0 aliphatic rings. The predicted octanol–water partition coefficient (Wildman–Crippen LogP) is 3.48. The van der Waals surface area contributed by atoms with Gasteiger partial charge >= 0.3 is 0 Å². The average Bonchev–Trinajstić information content (AvgIpc) is 2.54. The lowest BCUT2D eigenvalue weighted by Crippen LogP contribution is -2.23. The van der Waals surface area contributed by atoms with Gasteiger partial charge in [-0.3, -0.25) is 4.79 Å². The number of sulfonamides is 1. The molecule has 0 heterocycles. The Morgan fingerprint density at radius 2 is 1.72 bits per heavy atom. The Hall–Kier alpha value is -1.42. The van der Waals surface area contributed by atoms with Crippen LogP contribution in [0.15, 0.2) is 56.3 Å². The molecule has 0 unspecified atom stereocenters. The number of anilines is 1. The quantitative estimate of drug-likeness (QED) is 0.671. The van der Waals surface area contributed by atoms with Crippen LogP contribution in [0.3, 0.4) is 0 Å². The van der Waals surface area contributed by atoms with E-state index in [9.17, 15) is 13.2 Å². The summed E-state index contributed by atoms with van der Waals surface area (Å²) in [6.07, 6.45) is 0. The van der Waals surface area contributed by atoms with Gasteiger partial charge in [-0.2, -0.15) is 0 Å². The molecule has 0 aromatic heterocycles. The molecular formula is C16H16Br2N2O4S. The number of halogens is 2. The van der Waals surface area contributed by atoms with Gasteiger partial charge in [0.15, 0.2) is 6.61 Å². The number of nitrogens with zero attached hydrogens (tertiary/aromatic N) is 1. The molecule has 0 fully saturated rings. The smallest absolute Gasteiger partial charge is 0.262 e. The third-order valence-corrected chi connectivity index (χ3v) is 6.22. The van der Waals surface area contributed by atoms with Gasteiger partial charge in [-0.1, -0.05) is 12.1 Å². The molecule has 0 saturated carbocycles. The number of para-hydroxylation sites is 1. The van der Waals surface area contributed by atoms with Crippen LogP contribution in [0.1, 0.15) is 0 Å². The molecule has 0 aliphatic carbocycles. The van der Waals surface area contributed by atoms with Crippen LogP contribution < -0.4 is 10.1 Å². The van der Waals surface area contributed by atoms with Gasteiger partial charge in [-0.15, -0.1) is 0 Å². The molecule has 2 rings (SSSR count). The molecular weight excluding hydrogens is 476 g/mol. The monoisotopic (exact) mass is 490 g/mol. The highest BCUT2D eigenvalue weighted by molar-refractivity contribution is 9.11. The molecule has 2 aromatic rings. The Labute approximate surface area is 163 Å². The van der Waals surface area contributed by atoms with E-state index in [0.717, 1.165) is 4.31 Å². The Balaban J connectivity index is 2.06. The summed E-state index contributed by atoms with van der Waals surface area (Å²) >= 11 is 6.70. The molecule has 1 N–H and O–H groups in total. The highest BCUT2D eigenvalue weighted by Gasteiger charge is 2.17. The van der Waals surface area contributed by atoms with Crippen LogP contribution in [0.2, 0.25) is 0 Å². The van der Waals surface area contributed by atoms with Crippen LogP contribution in [0.25, 0.3) is 0 Å². The van der Waals surface area contributed by atoms with Crippen molar-refractivity contribution in [2.45, 2.75) is 4.90 Å². The van der Waals surface area contributed by atoms with E-state index < -0.39 is 15.9 Å². The SMILES string of the molecule is CN(C)S(=O)(=O)c1cccc(NC(=O)COc2c(Br)cccc2Br)c1. The number of amides is 1. The van der Waals surface area contributed by atoms with Crippen LogP contribution in [-0.4, -0.2) is 39.3 Å². The second-order valence-corrected chi connectivity index (χ2v) is 9.06. The molecule has 0 aliphatic heterocycles. The summed E-state index contributed by atoms with van der Waals surface area (Å²) in [5.41, 5.74) is 0.378. The predicted molar refractivity (Wildman–Crippen MR) is 103 cm³/mol. The number of ether oxygens (including phenoxy) is 1. The van der Waals surface area contributed by atoms with Crippen LogP contribution in [0, 0.1) is 0 Å². The minimum absolute atomic E-state index is 0.102. The Bertz CT molecular complexity index is 865. The average molecular weight is 492 g/mol. The maximum Gasteiger partial charge on any atom is 0.262 e. The fourth-order valence-corrected chi connectivity index (χ4v) is 4.08. The highest BCUT2D eigenvalue weighted by atomic mass is 79.9. The Morgan fingerprint density at radius 3 is 2.32 bits per heavy atom. The van der Waals surface area contributed by atoms with Gasteiger partial charge in [0.1, 0.15) is 5.75 Å². The van der Waals surface area contributed by atoms with Crippen molar-refractivity contribution >= 4 is 53.5 Å². The molecule has 2 aromatic carbocycles. The van der Waals surface area contributed by atoms with Crippen molar-refractivity contribution in [2.24, 2.45) is 0 Å². The Morgan fingerprint density at radius 1 is 1.12 bits per heavy atom. The number of hydrogen-bond donors (Lipinski definition) is 1. The van der Waals surface area contributed by atoms with Gasteiger partial charge in [0, 0.05) is 19.8 Å². The zero-order valence-corrected chi connectivity index (χ0v) is 17.5. The van der Waals surface area contributed by atoms with Crippen molar-refractivity contribution in [1.29, 1.82) is 0 Å². The van der Waals surface area contributed by atoms with E-state index in [1.54, 1.807) is 24.3 Å². The molecule has 25 heavy (non-hydrogen) atoms. The molecule has 0 saturated heterocycles. The summed E-state index contributed by atoms with van der Waals surface area (Å²) in [4.78, 5) is 12.2. The number of hydrogen-bond acceptors (Lipinski definition) is 4. The summed E-state index contributed by atoms with van der Waals surface area (Å²) in [5, 5.41) is 2.62. The molecule has 134 valence electrons. The van der Waals surface area contributed by atoms with E-state index >= 15 is 0 Å². The van der Waals surface area contributed by atoms with Crippen LogP contribution in [0.5, 0.6) is 5.75 Å². The van der Waals surface area contributed by atoms with E-state index in [1.807, 2.05) is 6.07 Å². The molecule has 9 heteroatoms. The van der Waals surface area contributed by atoms with Crippen molar-refractivity contribution in [3.63, 3.8) is 0 Å². The minimum Gasteiger partial charge on any atom is -0.481 e. The molecule has 1 amide bonds. The van der Waals surface area contributed by atoms with Gasteiger partial charge in [-0.05, 0) is 62.2 Å². The van der Waals surface area contributed by atoms with Crippen LogP contribution >= 0.6 is 31.9 Å². The lowest BCUT2D eigenvalue weighted by atomic mass is 10.3. The fraction of sp³-hybridized carbons (Fsp3) is 0.188. The van der Waals surface area contributed by atoms with Gasteiger partial charge in [0.2, 0.25) is 10.0 Å². The summed E-state index contributed by atoms with van der Waals surface area (Å²) in [7, 11) is -0.666. The van der Waals surface area contributed by atoms with E-state index in [4.69, 9.17) is 4.74 Å². The first-order valence-electron chi connectivity index (χ1n) is 7.11. The lowest BCUT2D eigenvalue weighted by Gasteiger charge is -2.13. The van der Waals surface area contributed by atoms with Gasteiger partial charge in [0.05, 0.1) is 13.8 Å². The first-order valence-corrected chi connectivity index (χ1v) is 10.1. The standard InChI is InChI=1S/C16H16Br2N2O4S/c1-20(2)25(22,23)12-6-3-5-11(9-12)19-15(21)10-24-16-13(17)7-4-8-14(16)18/h3-9H,10H2,1-2H3,(H,19,21). The number of carbonyl (C=O) groups is 1. The van der Waals surface area contributed by atoms with Gasteiger partial charge in [-0.25, -0.2) is 12.7 Å². The van der Waals surface area contributed by atoms with E-state index in [1.165, 1.54) is 26.2 Å². The first kappa shape index (κ1) is 19.9. The molecule has 0 atom stereocenters. The first-order chi connectivity index (χ1) is 11.7. The lowest BCUT2D eigenvalue weighted by molar-refractivity contribution is -0.118. The molecule has 0 radical (unpaired) electrons. The van der Waals surface area contributed by atoms with E-state index in [-0.39, 0.29) is 11.5 Å². The second kappa shape index (κ2) is 8.31. The van der Waals surface area contributed by atoms with Crippen molar-refractivity contribution in [3.05, 3.63) is 51.4 Å². The van der Waals surface area contributed by atoms with Crippen molar-refractivity contribution in [1.82, 2.24) is 4.31 Å². The zero-order valence-electron chi connectivity index (χ0n) is 13.5. The number of nitrogens with one attached hydrogen (secondary N) is 1. The summed E-state index contributed by atoms with van der Waals surface area (Å²) in [6, 6.07) is 11.5. The third-order valence-electron chi connectivity index (χ3n) is 3.16. The Kier molecular flexibility index (Phi) is 6.61. The zero-order chi connectivity index (χ0) is 18.6. The van der Waals surface area contributed by atoms with Crippen molar-refractivity contribution in [3.8, 4) is 5.75 Å². The largest absolute Gasteiger partial charge is 0.481 e. The fourth-order valence-electron chi connectivity index (χ4n) is 1.90. The molecule has 0 spiro atoms. The minimum atomic E-state index is -3.56. The third kappa shape index (κ3) is 5.04. The summed E-state index contributed by atoms with van der Waals surface area (Å²) < 4.78 is 32.3. The van der Waals surface area contributed by atoms with E-state index in [0.29, 0.717) is 20.4 Å². The van der Waals surface area contributed by atoms with Crippen molar-refractivity contribution in [2.75, 3.05) is 26.0 Å². The van der Waals surface area contributed by atoms with Gasteiger partial charge < -0.3 is 10.1 Å². The topological polar surface area (TPSA) is 75.7 Å². The normalized spacial score (nSPS) is 11.4. The molecule has 0 bridgehead atoms.